The molecule has 1 aromatic carbocycles. The van der Waals surface area contributed by atoms with Gasteiger partial charge in [-0.2, -0.15) is 5.10 Å². The molecular formula is C21H25N5O. The average Bonchev–Trinajstić information content (AvgIpc) is 3.28. The van der Waals surface area contributed by atoms with Gasteiger partial charge in [-0.15, -0.1) is 0 Å². The topological polar surface area (TPSA) is 62.5 Å². The Hall–Kier alpha value is -2.73. The summed E-state index contributed by atoms with van der Waals surface area (Å²) in [6.07, 6.45) is 6.39. The summed E-state index contributed by atoms with van der Waals surface area (Å²) in [6.45, 7) is 7.76. The number of aryl methyl sites for hydroxylation is 2. The molecule has 1 atom stereocenters. The normalized spacial score (nSPS) is 17.5. The molecule has 2 aromatic heterocycles. The maximum atomic E-state index is 12.5. The van der Waals surface area contributed by atoms with Gasteiger partial charge in [0.25, 0.3) is 5.91 Å². The molecule has 1 N–H and O–H groups in total. The number of rotatable bonds is 5. The largest absolute Gasteiger partial charge is 0.351 e. The van der Waals surface area contributed by atoms with E-state index >= 15 is 0 Å². The van der Waals surface area contributed by atoms with Gasteiger partial charge in [0.2, 0.25) is 0 Å². The van der Waals surface area contributed by atoms with Crippen molar-refractivity contribution in [2.24, 2.45) is 0 Å². The van der Waals surface area contributed by atoms with Gasteiger partial charge in [0.15, 0.2) is 5.65 Å². The van der Waals surface area contributed by atoms with E-state index in [2.05, 4.69) is 51.5 Å². The second kappa shape index (κ2) is 7.48. The molecule has 0 radical (unpaired) electrons. The van der Waals surface area contributed by atoms with Crippen LogP contribution in [0.2, 0.25) is 0 Å². The minimum Gasteiger partial charge on any atom is -0.351 e. The SMILES string of the molecule is Cc1cnc2c(C(=O)NCCN3CC[C@H](c4ccccc4C)C3)cnn2c1. The van der Waals surface area contributed by atoms with Crippen molar-refractivity contribution in [3.05, 3.63) is 65.1 Å². The maximum absolute atomic E-state index is 12.5. The van der Waals surface area contributed by atoms with Crippen LogP contribution in [0.1, 0.15) is 39.4 Å². The predicted molar refractivity (Wildman–Crippen MR) is 105 cm³/mol. The van der Waals surface area contributed by atoms with Crippen LogP contribution in [0.15, 0.2) is 42.9 Å². The highest BCUT2D eigenvalue weighted by molar-refractivity contribution is 5.99. The third-order valence-electron chi connectivity index (χ3n) is 5.34. The van der Waals surface area contributed by atoms with Crippen molar-refractivity contribution in [3.8, 4) is 0 Å². The summed E-state index contributed by atoms with van der Waals surface area (Å²) in [5.41, 5.74) is 4.95. The van der Waals surface area contributed by atoms with E-state index in [4.69, 9.17) is 0 Å². The molecule has 27 heavy (non-hydrogen) atoms. The van der Waals surface area contributed by atoms with Gasteiger partial charge in [-0.1, -0.05) is 24.3 Å². The molecule has 1 aliphatic rings. The van der Waals surface area contributed by atoms with E-state index in [1.165, 1.54) is 17.5 Å². The van der Waals surface area contributed by atoms with Crippen LogP contribution >= 0.6 is 0 Å². The number of fused-ring (bicyclic) bond motifs is 1. The molecule has 0 aliphatic carbocycles. The zero-order valence-corrected chi connectivity index (χ0v) is 15.9. The lowest BCUT2D eigenvalue weighted by Gasteiger charge is -2.17. The third kappa shape index (κ3) is 3.71. The average molecular weight is 363 g/mol. The van der Waals surface area contributed by atoms with Crippen LogP contribution in [-0.4, -0.2) is 51.6 Å². The molecule has 0 unspecified atom stereocenters. The Bertz CT molecular complexity index is 964. The number of amides is 1. The maximum Gasteiger partial charge on any atom is 0.256 e. The Morgan fingerprint density at radius 1 is 1.26 bits per heavy atom. The van der Waals surface area contributed by atoms with Gasteiger partial charge in [-0.25, -0.2) is 9.50 Å². The first kappa shape index (κ1) is 17.7. The quantitative estimate of drug-likeness (QED) is 0.757. The number of hydrogen-bond acceptors (Lipinski definition) is 4. The van der Waals surface area contributed by atoms with Crippen molar-refractivity contribution in [1.82, 2.24) is 24.8 Å². The number of nitrogens with one attached hydrogen (secondary N) is 1. The van der Waals surface area contributed by atoms with Crippen LogP contribution in [0.4, 0.5) is 0 Å². The second-order valence-electron chi connectivity index (χ2n) is 7.36. The van der Waals surface area contributed by atoms with Gasteiger partial charge in [-0.05, 0) is 49.4 Å². The second-order valence-corrected chi connectivity index (χ2v) is 7.36. The minimum absolute atomic E-state index is 0.115. The molecule has 140 valence electrons. The molecule has 1 fully saturated rings. The molecule has 0 saturated carbocycles. The lowest BCUT2D eigenvalue weighted by molar-refractivity contribution is 0.0951. The number of benzene rings is 1. The number of carbonyl (C=O) groups is 1. The fourth-order valence-electron chi connectivity index (χ4n) is 3.89. The number of aromatic nitrogens is 3. The molecule has 3 heterocycles. The van der Waals surface area contributed by atoms with E-state index in [-0.39, 0.29) is 5.91 Å². The minimum atomic E-state index is -0.115. The Kier molecular flexibility index (Phi) is 4.90. The van der Waals surface area contributed by atoms with Gasteiger partial charge in [0.05, 0.1) is 6.20 Å². The number of carbonyl (C=O) groups excluding carboxylic acids is 1. The van der Waals surface area contributed by atoms with Crippen molar-refractivity contribution in [3.63, 3.8) is 0 Å². The standard InChI is InChI=1S/C21H25N5O/c1-15-11-23-20-19(12-24-26(20)13-15)21(27)22-8-10-25-9-7-17(14-25)18-6-4-3-5-16(18)2/h3-6,11-13,17H,7-10,14H2,1-2H3,(H,22,27)/t17-/m0/s1. The van der Waals surface area contributed by atoms with Gasteiger partial charge in [0.1, 0.15) is 5.56 Å². The number of likely N-dealkylation sites (tertiary alicyclic amines) is 1. The van der Waals surface area contributed by atoms with E-state index in [1.807, 2.05) is 13.1 Å². The summed E-state index contributed by atoms with van der Waals surface area (Å²) in [5, 5.41) is 7.23. The summed E-state index contributed by atoms with van der Waals surface area (Å²) in [6, 6.07) is 8.64. The highest BCUT2D eigenvalue weighted by Gasteiger charge is 2.24. The first-order valence-electron chi connectivity index (χ1n) is 9.48. The Morgan fingerprint density at radius 2 is 2.11 bits per heavy atom. The Labute approximate surface area is 159 Å². The van der Waals surface area contributed by atoms with Crippen molar-refractivity contribution in [1.29, 1.82) is 0 Å². The summed E-state index contributed by atoms with van der Waals surface area (Å²) < 4.78 is 1.65. The van der Waals surface area contributed by atoms with Gasteiger partial charge in [0, 0.05) is 32.0 Å². The smallest absolute Gasteiger partial charge is 0.256 e. The van der Waals surface area contributed by atoms with E-state index in [9.17, 15) is 4.79 Å². The molecule has 1 amide bonds. The molecule has 0 bridgehead atoms. The van der Waals surface area contributed by atoms with Gasteiger partial charge >= 0.3 is 0 Å². The fourth-order valence-corrected chi connectivity index (χ4v) is 3.89. The monoisotopic (exact) mass is 363 g/mol. The lowest BCUT2D eigenvalue weighted by atomic mass is 9.94. The zero-order valence-electron chi connectivity index (χ0n) is 15.9. The third-order valence-corrected chi connectivity index (χ3v) is 5.34. The van der Waals surface area contributed by atoms with E-state index in [0.717, 1.165) is 25.2 Å². The molecule has 6 heteroatoms. The van der Waals surface area contributed by atoms with E-state index in [0.29, 0.717) is 23.7 Å². The van der Waals surface area contributed by atoms with Crippen LogP contribution in [0.3, 0.4) is 0 Å². The highest BCUT2D eigenvalue weighted by Crippen LogP contribution is 2.28. The fraction of sp³-hybridized carbons (Fsp3) is 0.381. The molecule has 4 rings (SSSR count). The van der Waals surface area contributed by atoms with Crippen molar-refractivity contribution in [2.45, 2.75) is 26.2 Å². The summed E-state index contributed by atoms with van der Waals surface area (Å²) >= 11 is 0. The van der Waals surface area contributed by atoms with Crippen molar-refractivity contribution >= 4 is 11.6 Å². The summed E-state index contributed by atoms with van der Waals surface area (Å²) in [4.78, 5) is 19.2. The van der Waals surface area contributed by atoms with Crippen LogP contribution < -0.4 is 5.32 Å². The van der Waals surface area contributed by atoms with Crippen LogP contribution in [0.25, 0.3) is 5.65 Å². The summed E-state index contributed by atoms with van der Waals surface area (Å²) in [7, 11) is 0. The van der Waals surface area contributed by atoms with Crippen molar-refractivity contribution in [2.75, 3.05) is 26.2 Å². The van der Waals surface area contributed by atoms with Gasteiger partial charge < -0.3 is 10.2 Å². The Balaban J connectivity index is 1.31. The molecule has 1 aliphatic heterocycles. The number of hydrogen-bond donors (Lipinski definition) is 1. The zero-order chi connectivity index (χ0) is 18.8. The van der Waals surface area contributed by atoms with Gasteiger partial charge in [-0.3, -0.25) is 4.79 Å². The van der Waals surface area contributed by atoms with Crippen molar-refractivity contribution < 1.29 is 4.79 Å². The molecule has 1 saturated heterocycles. The lowest BCUT2D eigenvalue weighted by Crippen LogP contribution is -2.33. The molecule has 3 aromatic rings. The summed E-state index contributed by atoms with van der Waals surface area (Å²) in [5.74, 6) is 0.477. The van der Waals surface area contributed by atoms with Crippen LogP contribution in [0, 0.1) is 13.8 Å². The highest BCUT2D eigenvalue weighted by atomic mass is 16.1. The number of nitrogens with zero attached hydrogens (tertiary/aromatic N) is 4. The van der Waals surface area contributed by atoms with E-state index < -0.39 is 0 Å². The van der Waals surface area contributed by atoms with E-state index in [1.54, 1.807) is 16.9 Å². The van der Waals surface area contributed by atoms with Crippen LogP contribution in [-0.2, 0) is 0 Å². The molecule has 6 nitrogen and oxygen atoms in total. The first-order valence-corrected chi connectivity index (χ1v) is 9.48. The first-order chi connectivity index (χ1) is 13.1. The predicted octanol–water partition coefficient (Wildman–Crippen LogP) is 2.57. The molecular weight excluding hydrogens is 338 g/mol. The Morgan fingerprint density at radius 3 is 2.96 bits per heavy atom. The molecule has 0 spiro atoms. The van der Waals surface area contributed by atoms with Crippen LogP contribution in [0.5, 0.6) is 0 Å².